The molecule has 0 aliphatic carbocycles. The molecule has 0 saturated heterocycles. The molecule has 1 atom stereocenters. The van der Waals surface area contributed by atoms with E-state index in [4.69, 9.17) is 5.73 Å². The van der Waals surface area contributed by atoms with Crippen LogP contribution in [0.2, 0.25) is 0 Å². The Kier molecular flexibility index (Phi) is 8.39. The molecule has 0 saturated carbocycles. The summed E-state index contributed by atoms with van der Waals surface area (Å²) in [5.74, 6) is 0.522. The molecule has 0 aromatic carbocycles. The van der Waals surface area contributed by atoms with Crippen LogP contribution in [0.5, 0.6) is 0 Å². The van der Waals surface area contributed by atoms with E-state index >= 15 is 0 Å². The maximum Gasteiger partial charge on any atom is 0.189 e. The molecule has 1 unspecified atom stereocenters. The topological polar surface area (TPSA) is 50.4 Å². The van der Waals surface area contributed by atoms with Crippen molar-refractivity contribution in [2.24, 2.45) is 10.7 Å². The fourth-order valence-electron chi connectivity index (χ4n) is 1.000. The zero-order valence-corrected chi connectivity index (χ0v) is 14.1. The normalized spacial score (nSPS) is 13.1. The minimum atomic E-state index is 0. The van der Waals surface area contributed by atoms with Gasteiger partial charge in [-0.2, -0.15) is 0 Å². The van der Waals surface area contributed by atoms with Crippen molar-refractivity contribution in [1.29, 1.82) is 0 Å². The first-order valence-corrected chi connectivity index (χ1v) is 6.53. The number of thiophene rings is 1. The summed E-state index contributed by atoms with van der Waals surface area (Å²) in [7, 11) is 0. The van der Waals surface area contributed by atoms with Gasteiger partial charge in [0.2, 0.25) is 0 Å². The van der Waals surface area contributed by atoms with Crippen LogP contribution < -0.4 is 11.1 Å². The van der Waals surface area contributed by atoms with Gasteiger partial charge in [-0.05, 0) is 41.4 Å². The summed E-state index contributed by atoms with van der Waals surface area (Å²) in [6, 6.07) is 4.45. The first-order chi connectivity index (χ1) is 7.11. The SMILES string of the molecule is CCC(C)NC(N)=NCc1ccc(Br)s1.I. The highest BCUT2D eigenvalue weighted by atomic mass is 127. The highest BCUT2D eigenvalue weighted by Crippen LogP contribution is 2.22. The van der Waals surface area contributed by atoms with E-state index in [1.54, 1.807) is 11.3 Å². The van der Waals surface area contributed by atoms with E-state index in [0.29, 0.717) is 18.5 Å². The van der Waals surface area contributed by atoms with Crippen molar-refractivity contribution in [3.8, 4) is 0 Å². The average Bonchev–Trinajstić information content (AvgIpc) is 2.61. The Morgan fingerprint density at radius 1 is 1.62 bits per heavy atom. The Hall–Kier alpha value is 0.180. The standard InChI is InChI=1S/C10H16BrN3S.HI/c1-3-7(2)14-10(12)13-6-8-4-5-9(11)15-8;/h4-5,7H,3,6H2,1-2H3,(H3,12,13,14);1H. The highest BCUT2D eigenvalue weighted by molar-refractivity contribution is 14.0. The Bertz CT molecular complexity index is 341. The maximum atomic E-state index is 5.74. The molecule has 6 heteroatoms. The minimum Gasteiger partial charge on any atom is -0.370 e. The molecule has 3 nitrogen and oxygen atoms in total. The molecular weight excluding hydrogens is 401 g/mol. The number of nitrogens with two attached hydrogens (primary N) is 1. The van der Waals surface area contributed by atoms with Crippen molar-refractivity contribution in [2.45, 2.75) is 32.9 Å². The molecule has 0 spiro atoms. The third-order valence-corrected chi connectivity index (χ3v) is 3.65. The first-order valence-electron chi connectivity index (χ1n) is 4.92. The summed E-state index contributed by atoms with van der Waals surface area (Å²) in [6.07, 6.45) is 1.04. The molecule has 3 N–H and O–H groups in total. The van der Waals surface area contributed by atoms with Gasteiger partial charge in [0.05, 0.1) is 10.3 Å². The van der Waals surface area contributed by atoms with Crippen molar-refractivity contribution in [2.75, 3.05) is 0 Å². The number of aliphatic imine (C=N–C) groups is 1. The molecule has 0 amide bonds. The molecule has 1 heterocycles. The van der Waals surface area contributed by atoms with Gasteiger partial charge in [-0.3, -0.25) is 0 Å². The summed E-state index contributed by atoms with van der Waals surface area (Å²) in [4.78, 5) is 5.47. The van der Waals surface area contributed by atoms with Crippen molar-refractivity contribution >= 4 is 57.2 Å². The molecule has 1 aromatic heterocycles. The van der Waals surface area contributed by atoms with Crippen LogP contribution >= 0.6 is 51.2 Å². The number of hydrogen-bond donors (Lipinski definition) is 2. The van der Waals surface area contributed by atoms with Crippen LogP contribution in [-0.2, 0) is 6.54 Å². The van der Waals surface area contributed by atoms with E-state index < -0.39 is 0 Å². The van der Waals surface area contributed by atoms with Crippen LogP contribution in [0.1, 0.15) is 25.1 Å². The summed E-state index contributed by atoms with van der Waals surface area (Å²) >= 11 is 5.09. The molecule has 16 heavy (non-hydrogen) atoms. The molecule has 92 valence electrons. The van der Waals surface area contributed by atoms with Crippen molar-refractivity contribution in [3.63, 3.8) is 0 Å². The Morgan fingerprint density at radius 3 is 2.81 bits per heavy atom. The molecule has 1 aromatic rings. The van der Waals surface area contributed by atoms with Gasteiger partial charge in [0.15, 0.2) is 5.96 Å². The molecule has 1 rings (SSSR count). The fourth-order valence-corrected chi connectivity index (χ4v) is 2.41. The lowest BCUT2D eigenvalue weighted by atomic mass is 10.3. The van der Waals surface area contributed by atoms with Crippen LogP contribution in [0.4, 0.5) is 0 Å². The number of nitrogens with zero attached hydrogens (tertiary/aromatic N) is 1. The number of nitrogens with one attached hydrogen (secondary N) is 1. The highest BCUT2D eigenvalue weighted by Gasteiger charge is 2.00. The van der Waals surface area contributed by atoms with Crippen molar-refractivity contribution < 1.29 is 0 Å². The van der Waals surface area contributed by atoms with Gasteiger partial charge in [0, 0.05) is 10.9 Å². The van der Waals surface area contributed by atoms with E-state index in [1.807, 2.05) is 6.07 Å². The maximum absolute atomic E-state index is 5.74. The lowest BCUT2D eigenvalue weighted by Gasteiger charge is -2.11. The second kappa shape index (κ2) is 8.30. The Labute approximate surface area is 126 Å². The molecule has 0 bridgehead atoms. The van der Waals surface area contributed by atoms with Crippen LogP contribution in [0, 0.1) is 0 Å². The van der Waals surface area contributed by atoms with E-state index in [1.165, 1.54) is 4.88 Å². The van der Waals surface area contributed by atoms with Crippen LogP contribution in [-0.4, -0.2) is 12.0 Å². The number of halogens is 2. The smallest absolute Gasteiger partial charge is 0.189 e. The monoisotopic (exact) mass is 417 g/mol. The van der Waals surface area contributed by atoms with Crippen molar-refractivity contribution in [3.05, 3.63) is 20.8 Å². The van der Waals surface area contributed by atoms with Gasteiger partial charge in [-0.25, -0.2) is 4.99 Å². The zero-order valence-electron chi connectivity index (χ0n) is 9.37. The number of guanidine groups is 1. The van der Waals surface area contributed by atoms with Gasteiger partial charge in [-0.15, -0.1) is 35.3 Å². The molecule has 0 aliphatic heterocycles. The van der Waals surface area contributed by atoms with Gasteiger partial charge in [-0.1, -0.05) is 6.92 Å². The number of rotatable bonds is 4. The molecule has 0 aliphatic rings. The molecule has 0 fully saturated rings. The van der Waals surface area contributed by atoms with E-state index in [9.17, 15) is 0 Å². The van der Waals surface area contributed by atoms with Crippen molar-refractivity contribution in [1.82, 2.24) is 5.32 Å². The Morgan fingerprint density at radius 2 is 2.31 bits per heavy atom. The fraction of sp³-hybridized carbons (Fsp3) is 0.500. The quantitative estimate of drug-likeness (QED) is 0.448. The van der Waals surface area contributed by atoms with Gasteiger partial charge in [0.25, 0.3) is 0 Å². The minimum absolute atomic E-state index is 0. The summed E-state index contributed by atoms with van der Waals surface area (Å²) in [5.41, 5.74) is 5.74. The van der Waals surface area contributed by atoms with Crippen LogP contribution in [0.15, 0.2) is 20.9 Å². The summed E-state index contributed by atoms with van der Waals surface area (Å²) < 4.78 is 1.13. The number of hydrogen-bond acceptors (Lipinski definition) is 2. The second-order valence-corrected chi connectivity index (χ2v) is 5.91. The summed E-state index contributed by atoms with van der Waals surface area (Å²) in [6.45, 7) is 4.84. The van der Waals surface area contributed by atoms with E-state index in [-0.39, 0.29) is 24.0 Å². The predicted octanol–water partition coefficient (Wildman–Crippen LogP) is 3.33. The van der Waals surface area contributed by atoms with Gasteiger partial charge >= 0.3 is 0 Å². The lowest BCUT2D eigenvalue weighted by molar-refractivity contribution is 0.636. The largest absolute Gasteiger partial charge is 0.370 e. The van der Waals surface area contributed by atoms with E-state index in [0.717, 1.165) is 10.2 Å². The molecule has 0 radical (unpaired) electrons. The third kappa shape index (κ3) is 6.05. The average molecular weight is 418 g/mol. The molecular formula is C10H17BrIN3S. The third-order valence-electron chi connectivity index (χ3n) is 2.04. The lowest BCUT2D eigenvalue weighted by Crippen LogP contribution is -2.37. The second-order valence-electron chi connectivity index (χ2n) is 3.36. The van der Waals surface area contributed by atoms with Crippen LogP contribution in [0.25, 0.3) is 0 Å². The Balaban J connectivity index is 0.00000225. The van der Waals surface area contributed by atoms with Crippen LogP contribution in [0.3, 0.4) is 0 Å². The first kappa shape index (κ1) is 16.2. The van der Waals surface area contributed by atoms with E-state index in [2.05, 4.69) is 46.2 Å². The predicted molar refractivity (Wildman–Crippen MR) is 85.6 cm³/mol. The van der Waals surface area contributed by atoms with Gasteiger partial charge in [0.1, 0.15) is 0 Å². The van der Waals surface area contributed by atoms with Gasteiger partial charge < -0.3 is 11.1 Å². The summed E-state index contributed by atoms with van der Waals surface area (Å²) in [5, 5.41) is 3.13. The zero-order chi connectivity index (χ0) is 11.3.